The molecule has 0 amide bonds. The monoisotopic (exact) mass is 330 g/mol. The Labute approximate surface area is 138 Å². The Morgan fingerprint density at radius 3 is 2.62 bits per heavy atom. The van der Waals surface area contributed by atoms with Crippen LogP contribution in [0.15, 0.2) is 22.6 Å². The Hall–Kier alpha value is -0.900. The van der Waals surface area contributed by atoms with Crippen molar-refractivity contribution in [1.29, 1.82) is 0 Å². The Morgan fingerprint density at radius 2 is 1.95 bits per heavy atom. The summed E-state index contributed by atoms with van der Waals surface area (Å²) in [5.41, 5.74) is 9.10. The number of nitrogen functional groups attached to an aromatic ring is 1. The first-order valence-corrected chi connectivity index (χ1v) is 7.26. The van der Waals surface area contributed by atoms with Gasteiger partial charge in [0.1, 0.15) is 11.3 Å². The van der Waals surface area contributed by atoms with Crippen molar-refractivity contribution >= 4 is 41.5 Å². The summed E-state index contributed by atoms with van der Waals surface area (Å²) in [6.45, 7) is 6.72. The highest BCUT2D eigenvalue weighted by Crippen LogP contribution is 2.34. The second-order valence-electron chi connectivity index (χ2n) is 5.38. The number of nitrogens with zero attached hydrogens (tertiary/aromatic N) is 1. The maximum atomic E-state index is 5.97. The van der Waals surface area contributed by atoms with Crippen LogP contribution in [-0.2, 0) is 12.8 Å². The van der Waals surface area contributed by atoms with Gasteiger partial charge in [-0.1, -0.05) is 13.8 Å². The third-order valence-electron chi connectivity index (χ3n) is 4.37. The standard InChI is InChI=1S/C16H22N2O.2ClH/c1-3-18(4-2)12-6-8-16-14(10-12)13-9-11(17)5-7-15(13)19-16;;/h5,7,9,12H,3-4,6,8,10,17H2,1-2H3;2*1H. The van der Waals surface area contributed by atoms with Crippen molar-refractivity contribution < 1.29 is 4.42 Å². The van der Waals surface area contributed by atoms with Gasteiger partial charge in [0.15, 0.2) is 0 Å². The van der Waals surface area contributed by atoms with Crippen molar-refractivity contribution in [2.45, 2.75) is 39.2 Å². The number of aryl methyl sites for hydroxylation is 1. The van der Waals surface area contributed by atoms with E-state index < -0.39 is 0 Å². The van der Waals surface area contributed by atoms with Crippen LogP contribution in [0.4, 0.5) is 5.69 Å². The molecule has 1 aromatic heterocycles. The third-order valence-corrected chi connectivity index (χ3v) is 4.37. The topological polar surface area (TPSA) is 42.4 Å². The Kier molecular flexibility index (Phi) is 6.39. The van der Waals surface area contributed by atoms with E-state index >= 15 is 0 Å². The highest BCUT2D eigenvalue weighted by Gasteiger charge is 2.26. The van der Waals surface area contributed by atoms with Crippen LogP contribution in [0.5, 0.6) is 0 Å². The molecule has 0 radical (unpaired) electrons. The van der Waals surface area contributed by atoms with E-state index in [0.29, 0.717) is 6.04 Å². The van der Waals surface area contributed by atoms with Gasteiger partial charge in [-0.25, -0.2) is 0 Å². The van der Waals surface area contributed by atoms with Gasteiger partial charge in [-0.15, -0.1) is 24.8 Å². The molecule has 0 aliphatic heterocycles. The minimum Gasteiger partial charge on any atom is -0.461 e. The molecule has 0 saturated carbocycles. The van der Waals surface area contributed by atoms with E-state index in [2.05, 4.69) is 24.8 Å². The molecular formula is C16H24Cl2N2O. The lowest BCUT2D eigenvalue weighted by Gasteiger charge is -2.32. The van der Waals surface area contributed by atoms with E-state index in [4.69, 9.17) is 10.2 Å². The fourth-order valence-electron chi connectivity index (χ4n) is 3.33. The van der Waals surface area contributed by atoms with Gasteiger partial charge >= 0.3 is 0 Å². The molecule has 0 saturated heterocycles. The van der Waals surface area contributed by atoms with E-state index in [-0.39, 0.29) is 24.8 Å². The van der Waals surface area contributed by atoms with Crippen molar-refractivity contribution in [3.63, 3.8) is 0 Å². The lowest BCUT2D eigenvalue weighted by molar-refractivity contribution is 0.195. The predicted octanol–water partition coefficient (Wildman–Crippen LogP) is 4.06. The van der Waals surface area contributed by atoms with Gasteiger partial charge in [-0.05, 0) is 44.1 Å². The number of rotatable bonds is 3. The number of hydrogen-bond donors (Lipinski definition) is 1. The average Bonchev–Trinajstić information content (AvgIpc) is 2.78. The molecule has 3 rings (SSSR count). The second kappa shape index (κ2) is 7.39. The zero-order chi connectivity index (χ0) is 13.4. The molecule has 1 heterocycles. The van der Waals surface area contributed by atoms with Crippen LogP contribution in [0, 0.1) is 0 Å². The molecule has 118 valence electrons. The summed E-state index contributed by atoms with van der Waals surface area (Å²) in [4.78, 5) is 2.55. The molecule has 1 aliphatic carbocycles. The summed E-state index contributed by atoms with van der Waals surface area (Å²) in [6.07, 6.45) is 3.34. The Bertz CT molecular complexity index is 593. The quantitative estimate of drug-likeness (QED) is 0.863. The summed E-state index contributed by atoms with van der Waals surface area (Å²) in [6, 6.07) is 6.61. The summed E-state index contributed by atoms with van der Waals surface area (Å²) in [5.74, 6) is 1.17. The van der Waals surface area contributed by atoms with Gasteiger partial charge in [-0.2, -0.15) is 0 Å². The number of fused-ring (bicyclic) bond motifs is 3. The highest BCUT2D eigenvalue weighted by atomic mass is 35.5. The zero-order valence-corrected chi connectivity index (χ0v) is 14.2. The molecule has 1 unspecified atom stereocenters. The fraction of sp³-hybridized carbons (Fsp3) is 0.500. The predicted molar refractivity (Wildman–Crippen MR) is 93.9 cm³/mol. The highest BCUT2D eigenvalue weighted by molar-refractivity contribution is 5.86. The van der Waals surface area contributed by atoms with E-state index in [1.54, 1.807) is 0 Å². The Balaban J connectivity index is 0.00000110. The SMILES string of the molecule is CCN(CC)C1CCc2oc3ccc(N)cc3c2C1.Cl.Cl. The molecule has 2 N–H and O–H groups in total. The third kappa shape index (κ3) is 3.31. The lowest BCUT2D eigenvalue weighted by atomic mass is 9.90. The lowest BCUT2D eigenvalue weighted by Crippen LogP contribution is -2.38. The molecule has 1 aromatic carbocycles. The van der Waals surface area contributed by atoms with Crippen molar-refractivity contribution in [2.75, 3.05) is 18.8 Å². The van der Waals surface area contributed by atoms with Crippen LogP contribution in [0.1, 0.15) is 31.6 Å². The molecule has 0 spiro atoms. The number of furan rings is 1. The molecule has 3 nitrogen and oxygen atoms in total. The number of halogens is 2. The molecular weight excluding hydrogens is 307 g/mol. The van der Waals surface area contributed by atoms with Crippen molar-refractivity contribution in [1.82, 2.24) is 4.90 Å². The van der Waals surface area contributed by atoms with Crippen LogP contribution < -0.4 is 5.73 Å². The Morgan fingerprint density at radius 1 is 1.24 bits per heavy atom. The second-order valence-corrected chi connectivity index (χ2v) is 5.38. The van der Waals surface area contributed by atoms with E-state index in [1.165, 1.54) is 23.1 Å². The zero-order valence-electron chi connectivity index (χ0n) is 12.6. The van der Waals surface area contributed by atoms with Gasteiger partial charge < -0.3 is 15.1 Å². The largest absolute Gasteiger partial charge is 0.461 e. The molecule has 2 aromatic rings. The normalized spacial score (nSPS) is 17.2. The summed E-state index contributed by atoms with van der Waals surface area (Å²) in [5, 5.41) is 1.21. The van der Waals surface area contributed by atoms with E-state index in [1.807, 2.05) is 12.1 Å². The number of anilines is 1. The van der Waals surface area contributed by atoms with Crippen LogP contribution in [0.2, 0.25) is 0 Å². The van der Waals surface area contributed by atoms with Gasteiger partial charge in [0.05, 0.1) is 0 Å². The van der Waals surface area contributed by atoms with Gasteiger partial charge in [0, 0.05) is 29.1 Å². The maximum absolute atomic E-state index is 5.97. The maximum Gasteiger partial charge on any atom is 0.134 e. The molecule has 1 atom stereocenters. The summed E-state index contributed by atoms with van der Waals surface area (Å²) in [7, 11) is 0. The first-order valence-electron chi connectivity index (χ1n) is 7.26. The molecule has 0 bridgehead atoms. The van der Waals surface area contributed by atoms with Crippen LogP contribution in [-0.4, -0.2) is 24.0 Å². The number of benzene rings is 1. The molecule has 0 fully saturated rings. The van der Waals surface area contributed by atoms with Gasteiger partial charge in [0.2, 0.25) is 0 Å². The first-order chi connectivity index (χ1) is 9.22. The van der Waals surface area contributed by atoms with Gasteiger partial charge in [-0.3, -0.25) is 0 Å². The van der Waals surface area contributed by atoms with Crippen LogP contribution in [0.3, 0.4) is 0 Å². The van der Waals surface area contributed by atoms with Crippen LogP contribution in [0.25, 0.3) is 11.0 Å². The van der Waals surface area contributed by atoms with Gasteiger partial charge in [0.25, 0.3) is 0 Å². The van der Waals surface area contributed by atoms with E-state index in [9.17, 15) is 0 Å². The summed E-state index contributed by atoms with van der Waals surface area (Å²) >= 11 is 0. The fourth-order valence-corrected chi connectivity index (χ4v) is 3.33. The number of nitrogens with two attached hydrogens (primary N) is 1. The molecule has 1 aliphatic rings. The average molecular weight is 331 g/mol. The van der Waals surface area contributed by atoms with Crippen molar-refractivity contribution in [3.8, 4) is 0 Å². The minimum atomic E-state index is 0. The first kappa shape index (κ1) is 18.1. The van der Waals surface area contributed by atoms with Crippen LogP contribution >= 0.6 is 24.8 Å². The minimum absolute atomic E-state index is 0. The smallest absolute Gasteiger partial charge is 0.134 e. The van der Waals surface area contributed by atoms with E-state index in [0.717, 1.165) is 37.2 Å². The number of hydrogen-bond acceptors (Lipinski definition) is 3. The van der Waals surface area contributed by atoms with Crippen molar-refractivity contribution in [2.24, 2.45) is 0 Å². The molecule has 5 heteroatoms. The number of likely N-dealkylation sites (N-methyl/N-ethyl adjacent to an activating group) is 1. The summed E-state index contributed by atoms with van der Waals surface area (Å²) < 4.78 is 5.97. The molecule has 21 heavy (non-hydrogen) atoms. The van der Waals surface area contributed by atoms with Crippen molar-refractivity contribution in [3.05, 3.63) is 29.5 Å².